The number of aryl methyl sites for hydroxylation is 2. The number of nitrogens with one attached hydrogen (secondary N) is 1. The van der Waals surface area contributed by atoms with Gasteiger partial charge in [0.25, 0.3) is 0 Å². The summed E-state index contributed by atoms with van der Waals surface area (Å²) in [7, 11) is 0. The number of carbonyl (C=O) groups excluding carboxylic acids is 1. The van der Waals surface area contributed by atoms with Crippen LogP contribution in [-0.4, -0.2) is 20.2 Å². The molecule has 0 saturated heterocycles. The minimum absolute atomic E-state index is 0. The molecule has 4 nitrogen and oxygen atoms in total. The zero-order valence-corrected chi connectivity index (χ0v) is 15.0. The van der Waals surface area contributed by atoms with Crippen molar-refractivity contribution in [2.24, 2.45) is 5.41 Å². The Bertz CT molecular complexity index is 924. The quantitative estimate of drug-likeness (QED) is 0.762. The largest absolute Gasteiger partial charge is 0.348 e. The van der Waals surface area contributed by atoms with Crippen molar-refractivity contribution in [1.29, 1.82) is 0 Å². The van der Waals surface area contributed by atoms with E-state index in [2.05, 4.69) is 34.3 Å². The van der Waals surface area contributed by atoms with Crippen LogP contribution in [0.5, 0.6) is 0 Å². The molecule has 126 valence electrons. The number of H-pyrrole nitrogens is 1. The lowest BCUT2D eigenvalue weighted by atomic mass is 9.70. The van der Waals surface area contributed by atoms with Gasteiger partial charge in [0.1, 0.15) is 0 Å². The first-order valence-electron chi connectivity index (χ1n) is 8.13. The molecular weight excluding hydrogens is 322 g/mol. The molecule has 1 aliphatic rings. The summed E-state index contributed by atoms with van der Waals surface area (Å²) in [6.07, 6.45) is 6.24. The van der Waals surface area contributed by atoms with Crippen LogP contribution in [0.3, 0.4) is 0 Å². The van der Waals surface area contributed by atoms with Crippen LogP contribution in [0, 0.1) is 19.3 Å². The average Bonchev–Trinajstić information content (AvgIpc) is 3.06. The second-order valence-electron chi connectivity index (χ2n) is 6.95. The molecule has 0 saturated carbocycles. The van der Waals surface area contributed by atoms with Crippen molar-refractivity contribution in [1.82, 2.24) is 14.4 Å². The van der Waals surface area contributed by atoms with Crippen molar-refractivity contribution < 1.29 is 4.79 Å². The number of hydrogen-bond acceptors (Lipinski definition) is 2. The first-order valence-corrected chi connectivity index (χ1v) is 8.13. The average molecular weight is 344 g/mol. The summed E-state index contributed by atoms with van der Waals surface area (Å²) in [6, 6.07) is 6.12. The normalized spacial score (nSPS) is 20.0. The highest BCUT2D eigenvalue weighted by Crippen LogP contribution is 2.40. The van der Waals surface area contributed by atoms with E-state index in [1.54, 1.807) is 6.33 Å². The number of halogens is 1. The Morgan fingerprint density at radius 3 is 2.83 bits per heavy atom. The summed E-state index contributed by atoms with van der Waals surface area (Å²) in [5.74, 6) is 0.246. The monoisotopic (exact) mass is 343 g/mol. The van der Waals surface area contributed by atoms with Gasteiger partial charge in [0.15, 0.2) is 5.78 Å². The van der Waals surface area contributed by atoms with Gasteiger partial charge in [-0.2, -0.15) is 0 Å². The van der Waals surface area contributed by atoms with E-state index >= 15 is 0 Å². The van der Waals surface area contributed by atoms with Gasteiger partial charge in [-0.15, -0.1) is 12.4 Å². The van der Waals surface area contributed by atoms with E-state index in [1.807, 2.05) is 25.3 Å². The maximum Gasteiger partial charge on any atom is 0.186 e. The number of aromatic nitrogens is 3. The minimum Gasteiger partial charge on any atom is -0.348 e. The van der Waals surface area contributed by atoms with Gasteiger partial charge < -0.3 is 9.38 Å². The summed E-state index contributed by atoms with van der Waals surface area (Å²) in [4.78, 5) is 20.9. The lowest BCUT2D eigenvalue weighted by Gasteiger charge is -2.32. The molecule has 4 rings (SSSR count). The fourth-order valence-electron chi connectivity index (χ4n) is 3.88. The van der Waals surface area contributed by atoms with Gasteiger partial charge >= 0.3 is 0 Å². The Morgan fingerprint density at radius 2 is 2.12 bits per heavy atom. The first-order chi connectivity index (χ1) is 11.0. The molecule has 3 heterocycles. The fourth-order valence-corrected chi connectivity index (χ4v) is 3.88. The lowest BCUT2D eigenvalue weighted by molar-refractivity contribution is 0.0775. The van der Waals surface area contributed by atoms with Crippen LogP contribution in [0.25, 0.3) is 5.52 Å². The number of pyridine rings is 1. The molecule has 1 aliphatic carbocycles. The third-order valence-electron chi connectivity index (χ3n) is 5.41. The maximum atomic E-state index is 13.3. The first kappa shape index (κ1) is 16.8. The molecule has 0 aromatic carbocycles. The van der Waals surface area contributed by atoms with E-state index in [9.17, 15) is 4.79 Å². The lowest BCUT2D eigenvalue weighted by Crippen LogP contribution is -2.36. The molecule has 1 unspecified atom stereocenters. The number of rotatable bonds is 2. The van der Waals surface area contributed by atoms with Gasteiger partial charge in [-0.1, -0.05) is 13.0 Å². The molecule has 0 amide bonds. The molecule has 1 N–H and O–H groups in total. The molecule has 3 aromatic rings. The molecule has 1 atom stereocenters. The Morgan fingerprint density at radius 1 is 1.33 bits per heavy atom. The highest BCUT2D eigenvalue weighted by molar-refractivity contribution is 6.03. The van der Waals surface area contributed by atoms with Crippen LogP contribution in [0.1, 0.15) is 46.3 Å². The Kier molecular flexibility index (Phi) is 4.04. The summed E-state index contributed by atoms with van der Waals surface area (Å²) >= 11 is 0. The van der Waals surface area contributed by atoms with Gasteiger partial charge in [-0.3, -0.25) is 4.79 Å². The third kappa shape index (κ3) is 2.28. The van der Waals surface area contributed by atoms with Gasteiger partial charge in [0.05, 0.1) is 17.7 Å². The fraction of sp³-hybridized carbons (Fsp3) is 0.368. The van der Waals surface area contributed by atoms with Gasteiger partial charge in [-0.05, 0) is 49.9 Å². The number of carbonyl (C=O) groups is 1. The molecule has 0 fully saturated rings. The van der Waals surface area contributed by atoms with Crippen molar-refractivity contribution in [3.05, 3.63) is 58.9 Å². The Balaban J connectivity index is 0.00000169. The van der Waals surface area contributed by atoms with E-state index in [0.717, 1.165) is 35.4 Å². The van der Waals surface area contributed by atoms with Crippen LogP contribution >= 0.6 is 12.4 Å². The van der Waals surface area contributed by atoms with Crippen molar-refractivity contribution in [2.45, 2.75) is 40.0 Å². The molecule has 3 aromatic heterocycles. The minimum atomic E-state index is -0.385. The van der Waals surface area contributed by atoms with Crippen LogP contribution < -0.4 is 0 Å². The second kappa shape index (κ2) is 5.78. The van der Waals surface area contributed by atoms with E-state index < -0.39 is 0 Å². The zero-order chi connectivity index (χ0) is 16.2. The zero-order valence-electron chi connectivity index (χ0n) is 14.2. The van der Waals surface area contributed by atoms with Crippen molar-refractivity contribution in [3.63, 3.8) is 0 Å². The van der Waals surface area contributed by atoms with E-state index in [4.69, 9.17) is 0 Å². The number of hydrogen-bond donors (Lipinski definition) is 1. The molecule has 24 heavy (non-hydrogen) atoms. The summed E-state index contributed by atoms with van der Waals surface area (Å²) in [5.41, 5.74) is 6.15. The van der Waals surface area contributed by atoms with Crippen LogP contribution in [0.15, 0.2) is 30.7 Å². The molecule has 0 radical (unpaired) electrons. The predicted molar refractivity (Wildman–Crippen MR) is 97.2 cm³/mol. The number of nitrogens with zero attached hydrogens (tertiary/aromatic N) is 2. The SMILES string of the molecule is Cc1[nH]cnc1CC1(C)CCc2c(C)c3ccccn3c2C1=O.Cl. The van der Waals surface area contributed by atoms with E-state index in [-0.39, 0.29) is 23.6 Å². The molecule has 0 bridgehead atoms. The number of fused-ring (bicyclic) bond motifs is 3. The topological polar surface area (TPSA) is 50.2 Å². The summed E-state index contributed by atoms with van der Waals surface area (Å²) < 4.78 is 2.07. The van der Waals surface area contributed by atoms with Crippen LogP contribution in [0.4, 0.5) is 0 Å². The molecule has 0 spiro atoms. The predicted octanol–water partition coefficient (Wildman–Crippen LogP) is 4.08. The van der Waals surface area contributed by atoms with E-state index in [1.165, 1.54) is 11.1 Å². The number of Topliss-reactive ketones (excluding diaryl/α,β-unsaturated/α-hetero) is 1. The number of aromatic amines is 1. The Labute approximate surface area is 147 Å². The van der Waals surface area contributed by atoms with Crippen molar-refractivity contribution >= 4 is 23.7 Å². The molecule has 5 heteroatoms. The smallest absolute Gasteiger partial charge is 0.186 e. The highest BCUT2D eigenvalue weighted by Gasteiger charge is 2.41. The standard InChI is InChI=1S/C19H21N3O.ClH/c1-12-14-7-8-19(3,10-15-13(2)20-11-21-15)18(23)17(14)22-9-5-4-6-16(12)22;/h4-6,9,11H,7-8,10H2,1-3H3,(H,20,21);1H. The Hall–Kier alpha value is -2.07. The maximum absolute atomic E-state index is 13.3. The summed E-state index contributed by atoms with van der Waals surface area (Å²) in [6.45, 7) is 6.23. The van der Waals surface area contributed by atoms with Gasteiger partial charge in [0, 0.05) is 29.2 Å². The van der Waals surface area contributed by atoms with E-state index in [0.29, 0.717) is 6.42 Å². The van der Waals surface area contributed by atoms with Crippen molar-refractivity contribution in [2.75, 3.05) is 0 Å². The molecular formula is C19H22ClN3O. The summed E-state index contributed by atoms with van der Waals surface area (Å²) in [5, 5.41) is 0. The van der Waals surface area contributed by atoms with Gasteiger partial charge in [0.2, 0.25) is 0 Å². The van der Waals surface area contributed by atoms with Crippen LogP contribution in [0.2, 0.25) is 0 Å². The third-order valence-corrected chi connectivity index (χ3v) is 5.41. The van der Waals surface area contributed by atoms with Crippen molar-refractivity contribution in [3.8, 4) is 0 Å². The van der Waals surface area contributed by atoms with Crippen LogP contribution in [-0.2, 0) is 12.8 Å². The second-order valence-corrected chi connectivity index (χ2v) is 6.95. The number of ketones is 1. The highest BCUT2D eigenvalue weighted by atomic mass is 35.5. The molecule has 0 aliphatic heterocycles. The van der Waals surface area contributed by atoms with Gasteiger partial charge in [-0.25, -0.2) is 4.98 Å². The number of imidazole rings is 1.